The third kappa shape index (κ3) is 2.53. The van der Waals surface area contributed by atoms with E-state index in [9.17, 15) is 14.4 Å². The number of carbonyl (C=O) groups is 3. The minimum Gasteiger partial charge on any atom is -0.455 e. The largest absolute Gasteiger partial charge is 0.455 e. The maximum absolute atomic E-state index is 14.4. The summed E-state index contributed by atoms with van der Waals surface area (Å²) in [5.41, 5.74) is 0.941. The van der Waals surface area contributed by atoms with Crippen LogP contribution in [0.3, 0.4) is 0 Å². The van der Waals surface area contributed by atoms with E-state index in [1.165, 1.54) is 4.90 Å². The molecule has 5 aromatic rings. The molecule has 3 aliphatic rings. The van der Waals surface area contributed by atoms with Gasteiger partial charge in [-0.1, -0.05) is 42.5 Å². The Morgan fingerprint density at radius 2 is 1.20 bits per heavy atom. The second kappa shape index (κ2) is 7.60. The van der Waals surface area contributed by atoms with Crippen molar-refractivity contribution < 1.29 is 19.1 Å². The number of ether oxygens (including phenoxy) is 1. The third-order valence-corrected chi connectivity index (χ3v) is 9.24. The number of nitrogens with zero attached hydrogens (tertiary/aromatic N) is 3. The molecule has 0 spiro atoms. The van der Waals surface area contributed by atoms with Crippen molar-refractivity contribution in [3.05, 3.63) is 102 Å². The summed E-state index contributed by atoms with van der Waals surface area (Å²) in [4.78, 5) is 53.7. The maximum Gasteiger partial charge on any atom is 0.239 e. The van der Waals surface area contributed by atoms with Crippen LogP contribution in [0.25, 0.3) is 21.8 Å². The lowest BCUT2D eigenvalue weighted by Gasteiger charge is -2.34. The second-order valence-corrected chi connectivity index (χ2v) is 11.1. The molecule has 0 N–H and O–H groups in total. The molecule has 1 aliphatic heterocycles. The highest BCUT2D eigenvalue weighted by atomic mass is 16.5. The fourth-order valence-electron chi connectivity index (χ4n) is 7.71. The summed E-state index contributed by atoms with van der Waals surface area (Å²) in [5.74, 6) is -1.55. The maximum atomic E-state index is 14.4. The normalized spacial score (nSPS) is 26.6. The zero-order valence-electron chi connectivity index (χ0n) is 21.8. The van der Waals surface area contributed by atoms with Crippen molar-refractivity contribution in [3.63, 3.8) is 0 Å². The number of pyridine rings is 2. The van der Waals surface area contributed by atoms with Crippen LogP contribution in [-0.4, -0.2) is 27.6 Å². The summed E-state index contributed by atoms with van der Waals surface area (Å²) >= 11 is 0. The lowest BCUT2D eigenvalue weighted by atomic mass is 9.64. The minimum atomic E-state index is -1.20. The van der Waals surface area contributed by atoms with Gasteiger partial charge in [0.15, 0.2) is 11.5 Å². The number of para-hydroxylation sites is 3. The van der Waals surface area contributed by atoms with Crippen LogP contribution in [0.2, 0.25) is 0 Å². The van der Waals surface area contributed by atoms with Gasteiger partial charge < -0.3 is 4.74 Å². The number of hydrogen-bond donors (Lipinski definition) is 0. The van der Waals surface area contributed by atoms with Crippen molar-refractivity contribution in [2.75, 3.05) is 4.90 Å². The van der Waals surface area contributed by atoms with E-state index in [4.69, 9.17) is 4.74 Å². The molecule has 4 atom stereocenters. The smallest absolute Gasteiger partial charge is 0.239 e. The van der Waals surface area contributed by atoms with Crippen molar-refractivity contribution in [2.45, 2.75) is 24.7 Å². The number of carbonyl (C=O) groups excluding carboxylic acids is 3. The number of benzene rings is 3. The van der Waals surface area contributed by atoms with Gasteiger partial charge in [0, 0.05) is 23.2 Å². The van der Waals surface area contributed by atoms with E-state index in [2.05, 4.69) is 9.97 Å². The predicted octanol–water partition coefficient (Wildman–Crippen LogP) is 5.49. The molecule has 2 aliphatic carbocycles. The molecule has 3 heterocycles. The molecule has 2 fully saturated rings. The van der Waals surface area contributed by atoms with Crippen molar-refractivity contribution in [1.29, 1.82) is 0 Å². The van der Waals surface area contributed by atoms with Gasteiger partial charge in [-0.2, -0.15) is 0 Å². The van der Waals surface area contributed by atoms with Crippen molar-refractivity contribution in [3.8, 4) is 11.5 Å². The molecule has 8 rings (SSSR count). The molecule has 0 unspecified atom stereocenters. The van der Waals surface area contributed by atoms with Crippen LogP contribution in [0.15, 0.2) is 91.3 Å². The van der Waals surface area contributed by atoms with Crippen LogP contribution < -0.4 is 9.64 Å². The molecule has 7 nitrogen and oxygen atoms in total. The molecule has 2 amide bonds. The summed E-state index contributed by atoms with van der Waals surface area (Å²) in [7, 11) is 0. The zero-order valence-corrected chi connectivity index (χ0v) is 21.8. The molecule has 0 radical (unpaired) electrons. The highest BCUT2D eigenvalue weighted by molar-refractivity contribution is 6.32. The summed E-state index contributed by atoms with van der Waals surface area (Å²) in [6.07, 6.45) is 3.42. The Kier molecular flexibility index (Phi) is 4.37. The van der Waals surface area contributed by atoms with Crippen LogP contribution in [0.4, 0.5) is 5.69 Å². The van der Waals surface area contributed by atoms with Gasteiger partial charge in [0.1, 0.15) is 5.75 Å². The van der Waals surface area contributed by atoms with E-state index in [0.29, 0.717) is 28.2 Å². The molecule has 3 aromatic carbocycles. The first-order chi connectivity index (χ1) is 19.4. The summed E-state index contributed by atoms with van der Waals surface area (Å²) in [6, 6.07) is 23.8. The second-order valence-electron chi connectivity index (χ2n) is 11.1. The highest BCUT2D eigenvalue weighted by Crippen LogP contribution is 2.68. The Morgan fingerprint density at radius 3 is 1.77 bits per heavy atom. The average molecular weight is 526 g/mol. The topological polar surface area (TPSA) is 89.5 Å². The van der Waals surface area contributed by atoms with Crippen molar-refractivity contribution in [1.82, 2.24) is 9.97 Å². The molecule has 194 valence electrons. The van der Waals surface area contributed by atoms with Crippen LogP contribution in [0.1, 0.15) is 25.0 Å². The van der Waals surface area contributed by atoms with E-state index >= 15 is 0 Å². The lowest BCUT2D eigenvalue weighted by molar-refractivity contribution is -0.131. The first kappa shape index (κ1) is 23.0. The number of aromatic nitrogens is 2. The molecule has 1 saturated carbocycles. The Labute approximate surface area is 229 Å². The van der Waals surface area contributed by atoms with Gasteiger partial charge in [0.25, 0.3) is 0 Å². The molecule has 7 heteroatoms. The SMILES string of the molecule is C[C@]12C(=O)[C@](C)(c3c1c1cccnc1c1ncccc31)[C@H]1C(=O)N(c3ccccc3Oc3ccccc3)C(=O)[C@H]12. The van der Waals surface area contributed by atoms with Crippen LogP contribution in [-0.2, 0) is 25.2 Å². The van der Waals surface area contributed by atoms with Crippen molar-refractivity contribution in [2.24, 2.45) is 11.8 Å². The molecular weight excluding hydrogens is 502 g/mol. The molecule has 2 aromatic heterocycles. The average Bonchev–Trinajstić information content (AvgIpc) is 3.43. The van der Waals surface area contributed by atoms with Crippen molar-refractivity contribution >= 4 is 45.1 Å². The number of fused-ring (bicyclic) bond motifs is 13. The number of amides is 2. The van der Waals surface area contributed by atoms with Gasteiger partial charge in [-0.15, -0.1) is 0 Å². The van der Waals surface area contributed by atoms with Gasteiger partial charge in [-0.25, -0.2) is 4.90 Å². The summed E-state index contributed by atoms with van der Waals surface area (Å²) in [6.45, 7) is 3.67. The monoisotopic (exact) mass is 525 g/mol. The summed E-state index contributed by atoms with van der Waals surface area (Å²) < 4.78 is 6.13. The number of Topliss-reactive ketones (excluding diaryl/α,β-unsaturated/α-hetero) is 1. The Morgan fingerprint density at radius 1 is 0.675 bits per heavy atom. The van der Waals surface area contributed by atoms with Crippen LogP contribution >= 0.6 is 0 Å². The number of anilines is 1. The zero-order chi connectivity index (χ0) is 27.4. The first-order valence-corrected chi connectivity index (χ1v) is 13.3. The quantitative estimate of drug-likeness (QED) is 0.229. The number of rotatable bonds is 3. The van der Waals surface area contributed by atoms with E-state index < -0.39 is 22.7 Å². The third-order valence-electron chi connectivity index (χ3n) is 9.24. The van der Waals surface area contributed by atoms with E-state index in [0.717, 1.165) is 21.9 Å². The van der Waals surface area contributed by atoms with Gasteiger partial charge in [-0.05, 0) is 61.4 Å². The van der Waals surface area contributed by atoms with Gasteiger partial charge in [0.2, 0.25) is 11.8 Å². The number of hydrogen-bond acceptors (Lipinski definition) is 6. The number of ketones is 1. The standard InChI is InChI=1S/C33H23N3O4/c1-32-23-19-12-8-16-34-27(19)28-20(13-9-17-35-28)24(23)33(2,31(32)39)26-25(32)29(37)36(30(26)38)21-14-6-7-15-22(21)40-18-10-4-3-5-11-18/h3-17,25-26H,1-2H3/t25-,26+,32-,33+. The minimum absolute atomic E-state index is 0.0957. The van der Waals surface area contributed by atoms with Crippen LogP contribution in [0.5, 0.6) is 11.5 Å². The lowest BCUT2D eigenvalue weighted by Crippen LogP contribution is -2.42. The fourth-order valence-corrected chi connectivity index (χ4v) is 7.71. The van der Waals surface area contributed by atoms with E-state index in [1.807, 2.05) is 68.4 Å². The molecule has 1 saturated heterocycles. The highest BCUT2D eigenvalue weighted by Gasteiger charge is 2.78. The van der Waals surface area contributed by atoms with Gasteiger partial charge in [0.05, 0.1) is 39.4 Å². The van der Waals surface area contributed by atoms with E-state index in [1.54, 1.807) is 36.7 Å². The molecule has 40 heavy (non-hydrogen) atoms. The Balaban J connectivity index is 1.36. The number of imide groups is 1. The predicted molar refractivity (Wildman–Crippen MR) is 149 cm³/mol. The molecular formula is C33H23N3O4. The fraction of sp³-hybridized carbons (Fsp3) is 0.182. The molecule has 2 bridgehead atoms. The van der Waals surface area contributed by atoms with Crippen LogP contribution in [0, 0.1) is 11.8 Å². The van der Waals surface area contributed by atoms with Gasteiger partial charge in [-0.3, -0.25) is 24.4 Å². The van der Waals surface area contributed by atoms with E-state index in [-0.39, 0.29) is 17.6 Å². The Hall–Kier alpha value is -4.91. The van der Waals surface area contributed by atoms with Gasteiger partial charge >= 0.3 is 0 Å². The Bertz CT molecular complexity index is 1860. The first-order valence-electron chi connectivity index (χ1n) is 13.3. The summed E-state index contributed by atoms with van der Waals surface area (Å²) in [5, 5.41) is 1.60.